The number of halogens is 7. The number of hydrogen-bond donors (Lipinski definition) is 1. The molecule has 168 valence electrons. The van der Waals surface area contributed by atoms with Crippen molar-refractivity contribution < 1.29 is 35.9 Å². The largest absolute Gasteiger partial charge is 0.462 e. The molecule has 4 rings (SSSR count). The van der Waals surface area contributed by atoms with Crippen LogP contribution in [0.2, 0.25) is 5.02 Å². The van der Waals surface area contributed by atoms with Crippen molar-refractivity contribution in [2.75, 3.05) is 6.61 Å². The minimum Gasteiger partial charge on any atom is -0.462 e. The van der Waals surface area contributed by atoms with Crippen LogP contribution in [-0.4, -0.2) is 32.4 Å². The lowest BCUT2D eigenvalue weighted by Gasteiger charge is -2.15. The number of fused-ring (bicyclic) bond motifs is 2. The molecule has 0 atom stereocenters. The summed E-state index contributed by atoms with van der Waals surface area (Å²) in [6, 6.07) is 3.75. The molecule has 0 bridgehead atoms. The number of carbonyl (C=O) groups excluding carboxylic acids is 1. The van der Waals surface area contributed by atoms with Crippen molar-refractivity contribution >= 4 is 34.0 Å². The van der Waals surface area contributed by atoms with Crippen LogP contribution >= 0.6 is 11.6 Å². The molecular formula is C19H11ClF6N4O2. The van der Waals surface area contributed by atoms with E-state index in [1.807, 2.05) is 0 Å². The summed E-state index contributed by atoms with van der Waals surface area (Å²) >= 11 is 6.14. The Morgan fingerprint density at radius 3 is 2.50 bits per heavy atom. The molecule has 0 unspecified atom stereocenters. The Bertz CT molecular complexity index is 1360. The van der Waals surface area contributed by atoms with Gasteiger partial charge < -0.3 is 4.74 Å². The number of pyridine rings is 1. The fourth-order valence-electron chi connectivity index (χ4n) is 3.37. The van der Waals surface area contributed by atoms with Crippen LogP contribution in [0.5, 0.6) is 0 Å². The Balaban J connectivity index is 2.15. The van der Waals surface area contributed by atoms with Crippen molar-refractivity contribution in [1.29, 1.82) is 0 Å². The van der Waals surface area contributed by atoms with Gasteiger partial charge in [0, 0.05) is 10.9 Å². The monoisotopic (exact) mass is 476 g/mol. The molecule has 3 aromatic heterocycles. The number of aromatic nitrogens is 4. The first kappa shape index (κ1) is 21.9. The van der Waals surface area contributed by atoms with E-state index in [2.05, 4.69) is 15.3 Å². The average Bonchev–Trinajstić information content (AvgIpc) is 3.31. The molecule has 3 heterocycles. The van der Waals surface area contributed by atoms with E-state index in [1.54, 1.807) is 0 Å². The second-order valence-electron chi connectivity index (χ2n) is 6.62. The molecule has 0 saturated carbocycles. The highest BCUT2D eigenvalue weighted by molar-refractivity contribution is 6.35. The standard InChI is InChI=1S/C19H11ClF6N4O2/c1-2-32-17(31)13-12-4-3-10(18(21,22)23)15(30(12)29-16(13)19(24,25)26)8-5-9-7-27-28-14(9)11(20)6-8/h3-7H,2H2,1H3,(H,27,28). The SMILES string of the molecule is CCOC(=O)c1c(C(F)(F)F)nn2c(-c3cc(Cl)c4[nH]ncc4c3)c(C(F)(F)F)ccc12. The van der Waals surface area contributed by atoms with E-state index in [-0.39, 0.29) is 17.2 Å². The van der Waals surface area contributed by atoms with Gasteiger partial charge in [-0.05, 0) is 31.2 Å². The van der Waals surface area contributed by atoms with Crippen LogP contribution < -0.4 is 0 Å². The zero-order valence-corrected chi connectivity index (χ0v) is 16.7. The van der Waals surface area contributed by atoms with Crippen molar-refractivity contribution in [3.63, 3.8) is 0 Å². The summed E-state index contributed by atoms with van der Waals surface area (Å²) in [4.78, 5) is 12.3. The predicted molar refractivity (Wildman–Crippen MR) is 101 cm³/mol. The van der Waals surface area contributed by atoms with Gasteiger partial charge in [-0.1, -0.05) is 11.6 Å². The van der Waals surface area contributed by atoms with Gasteiger partial charge in [0.25, 0.3) is 0 Å². The summed E-state index contributed by atoms with van der Waals surface area (Å²) in [5.41, 5.74) is -4.97. The van der Waals surface area contributed by atoms with Gasteiger partial charge in [-0.15, -0.1) is 0 Å². The molecule has 0 aliphatic rings. The number of carbonyl (C=O) groups is 1. The smallest absolute Gasteiger partial charge is 0.436 e. The number of hydrogen-bond acceptors (Lipinski definition) is 4. The van der Waals surface area contributed by atoms with Gasteiger partial charge in [0.05, 0.1) is 40.1 Å². The third kappa shape index (κ3) is 3.53. The summed E-state index contributed by atoms with van der Waals surface area (Å²) < 4.78 is 87.6. The molecule has 0 aliphatic carbocycles. The molecule has 1 N–H and O–H groups in total. The third-order valence-corrected chi connectivity index (χ3v) is 4.92. The lowest BCUT2D eigenvalue weighted by molar-refractivity contribution is -0.141. The van der Waals surface area contributed by atoms with Crippen molar-refractivity contribution in [3.05, 3.63) is 52.3 Å². The minimum absolute atomic E-state index is 0.00561. The van der Waals surface area contributed by atoms with E-state index in [1.165, 1.54) is 19.2 Å². The fourth-order valence-corrected chi connectivity index (χ4v) is 3.64. The van der Waals surface area contributed by atoms with Crippen LogP contribution in [0.4, 0.5) is 26.3 Å². The Hall–Kier alpha value is -3.28. The molecule has 0 amide bonds. The molecule has 0 aliphatic heterocycles. The fraction of sp³-hybridized carbons (Fsp3) is 0.211. The Labute approximate surface area is 179 Å². The second kappa shape index (κ2) is 7.40. The number of ether oxygens (including phenoxy) is 1. The molecule has 4 aromatic rings. The van der Waals surface area contributed by atoms with Crippen LogP contribution in [-0.2, 0) is 17.1 Å². The number of nitrogens with one attached hydrogen (secondary N) is 1. The number of alkyl halides is 6. The number of nitrogens with zero attached hydrogens (tertiary/aromatic N) is 3. The van der Waals surface area contributed by atoms with Gasteiger partial charge in [-0.25, -0.2) is 9.31 Å². The molecule has 0 radical (unpaired) electrons. The molecule has 6 nitrogen and oxygen atoms in total. The zero-order valence-electron chi connectivity index (χ0n) is 15.9. The summed E-state index contributed by atoms with van der Waals surface area (Å²) in [5.74, 6) is -1.36. The second-order valence-corrected chi connectivity index (χ2v) is 7.03. The van der Waals surface area contributed by atoms with Crippen molar-refractivity contribution in [2.45, 2.75) is 19.3 Å². The number of aromatic amines is 1. The van der Waals surface area contributed by atoms with Crippen molar-refractivity contribution in [1.82, 2.24) is 19.8 Å². The van der Waals surface area contributed by atoms with Crippen molar-refractivity contribution in [2.24, 2.45) is 0 Å². The quantitative estimate of drug-likeness (QED) is 0.302. The van der Waals surface area contributed by atoms with E-state index >= 15 is 0 Å². The van der Waals surface area contributed by atoms with Crippen molar-refractivity contribution in [3.8, 4) is 11.3 Å². The van der Waals surface area contributed by atoms with Gasteiger partial charge in [-0.2, -0.15) is 36.5 Å². The maximum Gasteiger partial charge on any atom is 0.436 e. The number of H-pyrrole nitrogens is 1. The molecular weight excluding hydrogens is 466 g/mol. The van der Waals surface area contributed by atoms with E-state index in [9.17, 15) is 31.1 Å². The van der Waals surface area contributed by atoms with Gasteiger partial charge in [0.1, 0.15) is 5.56 Å². The minimum atomic E-state index is -5.13. The Morgan fingerprint density at radius 2 is 1.88 bits per heavy atom. The first-order chi connectivity index (χ1) is 14.9. The Kier molecular flexibility index (Phi) is 5.07. The van der Waals surface area contributed by atoms with Crippen LogP contribution in [0, 0.1) is 0 Å². The molecule has 32 heavy (non-hydrogen) atoms. The maximum absolute atomic E-state index is 13.8. The summed E-state index contributed by atoms with van der Waals surface area (Å²) in [7, 11) is 0. The van der Waals surface area contributed by atoms with E-state index in [0.29, 0.717) is 21.5 Å². The van der Waals surface area contributed by atoms with Gasteiger partial charge in [0.2, 0.25) is 0 Å². The highest BCUT2D eigenvalue weighted by atomic mass is 35.5. The van der Waals surface area contributed by atoms with Crippen LogP contribution in [0.1, 0.15) is 28.5 Å². The molecule has 0 fully saturated rings. The van der Waals surface area contributed by atoms with Gasteiger partial charge >= 0.3 is 18.3 Å². The van der Waals surface area contributed by atoms with Gasteiger partial charge in [0.15, 0.2) is 5.69 Å². The van der Waals surface area contributed by atoms with Gasteiger partial charge in [-0.3, -0.25) is 5.10 Å². The highest BCUT2D eigenvalue weighted by Gasteiger charge is 2.43. The first-order valence-electron chi connectivity index (χ1n) is 8.93. The predicted octanol–water partition coefficient (Wildman–Crippen LogP) is 5.75. The number of benzene rings is 1. The third-order valence-electron chi connectivity index (χ3n) is 4.62. The van der Waals surface area contributed by atoms with E-state index < -0.39 is 46.4 Å². The normalized spacial score (nSPS) is 12.6. The lowest BCUT2D eigenvalue weighted by Crippen LogP contribution is -2.14. The molecule has 0 spiro atoms. The topological polar surface area (TPSA) is 72.3 Å². The van der Waals surface area contributed by atoms with E-state index in [4.69, 9.17) is 16.3 Å². The number of esters is 1. The summed E-state index contributed by atoms with van der Waals surface area (Å²) in [6.07, 6.45) is -8.78. The highest BCUT2D eigenvalue weighted by Crippen LogP contribution is 2.42. The molecule has 1 aromatic carbocycles. The number of rotatable bonds is 3. The summed E-state index contributed by atoms with van der Waals surface area (Å²) in [5, 5.41) is 10.0. The molecule has 13 heteroatoms. The lowest BCUT2D eigenvalue weighted by atomic mass is 10.0. The zero-order chi connectivity index (χ0) is 23.4. The summed E-state index contributed by atoms with van der Waals surface area (Å²) in [6.45, 7) is 1.14. The first-order valence-corrected chi connectivity index (χ1v) is 9.31. The van der Waals surface area contributed by atoms with E-state index in [0.717, 1.165) is 12.1 Å². The molecule has 0 saturated heterocycles. The van der Waals surface area contributed by atoms with Crippen LogP contribution in [0.25, 0.3) is 27.7 Å². The van der Waals surface area contributed by atoms with Crippen LogP contribution in [0.3, 0.4) is 0 Å². The average molecular weight is 477 g/mol. The van der Waals surface area contributed by atoms with Crippen LogP contribution in [0.15, 0.2) is 30.5 Å². The Morgan fingerprint density at radius 1 is 1.16 bits per heavy atom. The maximum atomic E-state index is 13.8.